The van der Waals surface area contributed by atoms with Gasteiger partial charge in [0, 0.05) is 12.5 Å². The zero-order valence-corrected chi connectivity index (χ0v) is 18.8. The van der Waals surface area contributed by atoms with Gasteiger partial charge in [-0.3, -0.25) is 0 Å². The van der Waals surface area contributed by atoms with Crippen LogP contribution < -0.4 is 5.32 Å². The van der Waals surface area contributed by atoms with E-state index in [1.54, 1.807) is 0 Å². The summed E-state index contributed by atoms with van der Waals surface area (Å²) in [5.74, 6) is -0.482. The molecule has 0 aromatic heterocycles. The molecule has 3 N–H and O–H groups in total. The van der Waals surface area contributed by atoms with E-state index in [0.717, 1.165) is 22.3 Å². The normalized spacial score (nSPS) is 14.4. The van der Waals surface area contributed by atoms with Gasteiger partial charge >= 0.3 is 6.09 Å². The molecule has 0 saturated carbocycles. The van der Waals surface area contributed by atoms with Crippen molar-refractivity contribution in [2.45, 2.75) is 24.5 Å². The first kappa shape index (κ1) is 22.5. The summed E-state index contributed by atoms with van der Waals surface area (Å²) in [6.45, 7) is 0.325. The maximum atomic E-state index is 13.4. The minimum absolute atomic E-state index is 0.0301. The number of rotatable bonds is 7. The lowest BCUT2D eigenvalue weighted by atomic mass is 9.98. The van der Waals surface area contributed by atoms with Crippen LogP contribution in [0.3, 0.4) is 0 Å². The highest BCUT2D eigenvalue weighted by atomic mass is 79.9. The van der Waals surface area contributed by atoms with Crippen LogP contribution in [0.2, 0.25) is 0 Å². The molecule has 3 aromatic rings. The molecular weight excluding hydrogens is 477 g/mol. The van der Waals surface area contributed by atoms with Crippen LogP contribution in [-0.2, 0) is 4.74 Å². The van der Waals surface area contributed by atoms with Gasteiger partial charge in [0.2, 0.25) is 0 Å². The first-order valence-corrected chi connectivity index (χ1v) is 11.1. The number of benzene rings is 3. The molecule has 0 heterocycles. The van der Waals surface area contributed by atoms with Gasteiger partial charge in [-0.05, 0) is 62.3 Å². The number of nitrogens with one attached hydrogen (secondary N) is 1. The predicted molar refractivity (Wildman–Crippen MR) is 123 cm³/mol. The second-order valence-electron chi connectivity index (χ2n) is 7.73. The lowest BCUT2D eigenvalue weighted by Crippen LogP contribution is -2.30. The summed E-state index contributed by atoms with van der Waals surface area (Å²) in [4.78, 5) is 12.2. The molecule has 1 aliphatic carbocycles. The molecule has 166 valence electrons. The van der Waals surface area contributed by atoms with Crippen LogP contribution >= 0.6 is 15.9 Å². The van der Waals surface area contributed by atoms with E-state index in [4.69, 9.17) is 4.74 Å². The van der Waals surface area contributed by atoms with E-state index < -0.39 is 24.1 Å². The summed E-state index contributed by atoms with van der Waals surface area (Å²) in [7, 11) is 0. The molecule has 1 aliphatic rings. The molecule has 7 heteroatoms. The number of hydrogen-bond donors (Lipinski definition) is 3. The van der Waals surface area contributed by atoms with Crippen molar-refractivity contribution >= 4 is 22.0 Å². The van der Waals surface area contributed by atoms with Gasteiger partial charge in [-0.25, -0.2) is 9.18 Å². The van der Waals surface area contributed by atoms with Crippen molar-refractivity contribution in [2.75, 3.05) is 13.2 Å². The molecule has 0 bridgehead atoms. The molecule has 0 saturated heterocycles. The van der Waals surface area contributed by atoms with Crippen molar-refractivity contribution in [3.05, 3.63) is 93.7 Å². The van der Waals surface area contributed by atoms with E-state index in [-0.39, 0.29) is 30.0 Å². The smallest absolute Gasteiger partial charge is 0.407 e. The summed E-state index contributed by atoms with van der Waals surface area (Å²) in [6, 6.07) is 20.2. The van der Waals surface area contributed by atoms with E-state index in [9.17, 15) is 19.4 Å². The Hall–Kier alpha value is -2.74. The van der Waals surface area contributed by atoms with Crippen LogP contribution in [-0.4, -0.2) is 35.6 Å². The monoisotopic (exact) mass is 499 g/mol. The van der Waals surface area contributed by atoms with Crippen molar-refractivity contribution in [1.29, 1.82) is 0 Å². The standard InChI is InChI=1S/C25H23BrFNO4/c26-21-13-15(9-10-22(21)27)24(30)23(29)11-12-28-25(31)32-14-20-18-7-3-1-5-16(18)17-6-2-4-8-19(17)20/h1-10,13,20,23-24,29-30H,11-12,14H2,(H,28,31). The SMILES string of the molecule is O=C(NCCC(O)C(O)c1ccc(F)c(Br)c1)OCC1c2ccccc2-c2ccccc21. The number of aliphatic hydroxyl groups is 2. The van der Waals surface area contributed by atoms with Gasteiger partial charge in [0.05, 0.1) is 10.6 Å². The van der Waals surface area contributed by atoms with E-state index in [0.29, 0.717) is 5.56 Å². The molecule has 4 rings (SSSR count). The van der Waals surface area contributed by atoms with Crippen LogP contribution in [0.4, 0.5) is 9.18 Å². The highest BCUT2D eigenvalue weighted by molar-refractivity contribution is 9.10. The maximum absolute atomic E-state index is 13.4. The fourth-order valence-electron chi connectivity index (χ4n) is 4.05. The zero-order chi connectivity index (χ0) is 22.7. The van der Waals surface area contributed by atoms with Gasteiger partial charge in [-0.1, -0.05) is 54.6 Å². The minimum atomic E-state index is -1.20. The quantitative estimate of drug-likeness (QED) is 0.431. The molecule has 0 fully saturated rings. The van der Waals surface area contributed by atoms with Crippen LogP contribution in [0, 0.1) is 5.82 Å². The third-order valence-corrected chi connectivity index (χ3v) is 6.31. The predicted octanol–water partition coefficient (Wildman–Crippen LogP) is 4.91. The van der Waals surface area contributed by atoms with Crippen LogP contribution in [0.1, 0.15) is 35.1 Å². The molecule has 32 heavy (non-hydrogen) atoms. The van der Waals surface area contributed by atoms with E-state index in [2.05, 4.69) is 33.4 Å². The first-order chi connectivity index (χ1) is 15.5. The van der Waals surface area contributed by atoms with E-state index in [1.165, 1.54) is 18.2 Å². The van der Waals surface area contributed by atoms with Gasteiger partial charge in [-0.15, -0.1) is 0 Å². The van der Waals surface area contributed by atoms with Crippen molar-refractivity contribution < 1.29 is 24.1 Å². The average molecular weight is 500 g/mol. The summed E-state index contributed by atoms with van der Waals surface area (Å²) < 4.78 is 19.0. The number of ether oxygens (including phenoxy) is 1. The fourth-order valence-corrected chi connectivity index (χ4v) is 4.44. The second-order valence-corrected chi connectivity index (χ2v) is 8.58. The number of carbonyl (C=O) groups is 1. The average Bonchev–Trinajstić information content (AvgIpc) is 3.12. The molecule has 0 radical (unpaired) electrons. The van der Waals surface area contributed by atoms with Gasteiger partial charge in [0.1, 0.15) is 18.5 Å². The molecular formula is C25H23BrFNO4. The number of amides is 1. The molecule has 0 spiro atoms. The molecule has 1 amide bonds. The Bertz CT molecular complexity index is 1080. The van der Waals surface area contributed by atoms with Crippen LogP contribution in [0.5, 0.6) is 0 Å². The van der Waals surface area contributed by atoms with Crippen LogP contribution in [0.25, 0.3) is 11.1 Å². The van der Waals surface area contributed by atoms with Crippen molar-refractivity contribution in [2.24, 2.45) is 0 Å². The van der Waals surface area contributed by atoms with Crippen molar-refractivity contribution in [1.82, 2.24) is 5.32 Å². The number of halogens is 2. The summed E-state index contributed by atoms with van der Waals surface area (Å²) >= 11 is 3.06. The Labute approximate surface area is 194 Å². The lowest BCUT2D eigenvalue weighted by molar-refractivity contribution is 0.0136. The van der Waals surface area contributed by atoms with E-state index >= 15 is 0 Å². The third-order valence-electron chi connectivity index (χ3n) is 5.70. The summed E-state index contributed by atoms with van der Waals surface area (Å²) in [6.07, 6.45) is -2.80. The lowest BCUT2D eigenvalue weighted by Gasteiger charge is -2.19. The molecule has 3 aromatic carbocycles. The van der Waals surface area contributed by atoms with Gasteiger partial charge in [-0.2, -0.15) is 0 Å². The zero-order valence-electron chi connectivity index (χ0n) is 17.2. The Kier molecular flexibility index (Phi) is 6.89. The summed E-state index contributed by atoms with van der Waals surface area (Å²) in [5, 5.41) is 23.1. The Morgan fingerprint density at radius 3 is 2.28 bits per heavy atom. The topological polar surface area (TPSA) is 78.8 Å². The minimum Gasteiger partial charge on any atom is -0.449 e. The fraction of sp³-hybridized carbons (Fsp3) is 0.240. The Morgan fingerprint density at radius 1 is 1.03 bits per heavy atom. The Balaban J connectivity index is 1.28. The maximum Gasteiger partial charge on any atom is 0.407 e. The molecule has 2 atom stereocenters. The largest absolute Gasteiger partial charge is 0.449 e. The van der Waals surface area contributed by atoms with Gasteiger partial charge < -0.3 is 20.3 Å². The third kappa shape index (κ3) is 4.70. The Morgan fingerprint density at radius 2 is 1.66 bits per heavy atom. The number of hydrogen-bond acceptors (Lipinski definition) is 4. The second kappa shape index (κ2) is 9.81. The highest BCUT2D eigenvalue weighted by Gasteiger charge is 2.29. The number of aliphatic hydroxyl groups excluding tert-OH is 2. The summed E-state index contributed by atoms with van der Waals surface area (Å²) in [5.41, 5.74) is 4.95. The number of fused-ring (bicyclic) bond motifs is 3. The molecule has 2 unspecified atom stereocenters. The van der Waals surface area contributed by atoms with Gasteiger partial charge in [0.25, 0.3) is 0 Å². The molecule has 0 aliphatic heterocycles. The van der Waals surface area contributed by atoms with Crippen molar-refractivity contribution in [3.63, 3.8) is 0 Å². The highest BCUT2D eigenvalue weighted by Crippen LogP contribution is 2.44. The van der Waals surface area contributed by atoms with Gasteiger partial charge in [0.15, 0.2) is 0 Å². The number of carbonyl (C=O) groups excluding carboxylic acids is 1. The van der Waals surface area contributed by atoms with E-state index in [1.807, 2.05) is 36.4 Å². The molecule has 5 nitrogen and oxygen atoms in total. The van der Waals surface area contributed by atoms with Crippen molar-refractivity contribution in [3.8, 4) is 11.1 Å². The first-order valence-electron chi connectivity index (χ1n) is 10.4. The van der Waals surface area contributed by atoms with Crippen LogP contribution in [0.15, 0.2) is 71.2 Å². The number of alkyl carbamates (subject to hydrolysis) is 1.